The first-order valence-corrected chi connectivity index (χ1v) is 6.56. The summed E-state index contributed by atoms with van der Waals surface area (Å²) < 4.78 is 10.2. The molecule has 0 saturated carbocycles. The van der Waals surface area contributed by atoms with Crippen LogP contribution in [0.25, 0.3) is 0 Å². The summed E-state index contributed by atoms with van der Waals surface area (Å²) in [5.74, 6) is 2.55. The first-order valence-electron chi connectivity index (χ1n) is 5.57. The van der Waals surface area contributed by atoms with Crippen LogP contribution in [0.2, 0.25) is 0 Å². The van der Waals surface area contributed by atoms with Gasteiger partial charge in [0.2, 0.25) is 0 Å². The standard InChI is InChI=1S/C14H15NO2S/c1-16-12-5-3-11(4-6-12)10-18-14-8-7-13(17-2)9-15-14/h3-9H,10H2,1-2H3. The summed E-state index contributed by atoms with van der Waals surface area (Å²) in [6, 6.07) is 12.0. The van der Waals surface area contributed by atoms with Crippen LogP contribution in [0.4, 0.5) is 0 Å². The molecule has 0 radical (unpaired) electrons. The van der Waals surface area contributed by atoms with Crippen molar-refractivity contribution in [3.8, 4) is 11.5 Å². The number of nitrogens with zero attached hydrogens (tertiary/aromatic N) is 1. The van der Waals surface area contributed by atoms with Crippen LogP contribution in [0, 0.1) is 0 Å². The summed E-state index contributed by atoms with van der Waals surface area (Å²) in [6.45, 7) is 0. The van der Waals surface area contributed by atoms with E-state index in [1.165, 1.54) is 5.56 Å². The second-order valence-corrected chi connectivity index (χ2v) is 4.67. The minimum atomic E-state index is 0.781. The lowest BCUT2D eigenvalue weighted by molar-refractivity contribution is 0.412. The van der Waals surface area contributed by atoms with Gasteiger partial charge in [0.05, 0.1) is 25.4 Å². The number of aromatic nitrogens is 1. The maximum Gasteiger partial charge on any atom is 0.137 e. The maximum absolute atomic E-state index is 5.12. The average molecular weight is 261 g/mol. The molecule has 0 amide bonds. The van der Waals surface area contributed by atoms with Gasteiger partial charge in [0.1, 0.15) is 11.5 Å². The molecule has 1 aromatic heterocycles. The van der Waals surface area contributed by atoms with Crippen LogP contribution in [-0.4, -0.2) is 19.2 Å². The first-order chi connectivity index (χ1) is 8.81. The zero-order chi connectivity index (χ0) is 12.8. The van der Waals surface area contributed by atoms with Crippen molar-refractivity contribution < 1.29 is 9.47 Å². The number of pyridine rings is 1. The highest BCUT2D eigenvalue weighted by Gasteiger charge is 1.99. The number of thioether (sulfide) groups is 1. The molecule has 0 aliphatic rings. The van der Waals surface area contributed by atoms with E-state index in [4.69, 9.17) is 9.47 Å². The Kier molecular flexibility index (Phi) is 4.47. The van der Waals surface area contributed by atoms with Crippen molar-refractivity contribution in [3.05, 3.63) is 48.2 Å². The van der Waals surface area contributed by atoms with Crippen LogP contribution < -0.4 is 9.47 Å². The Morgan fingerprint density at radius 2 is 1.61 bits per heavy atom. The van der Waals surface area contributed by atoms with Crippen LogP contribution in [0.3, 0.4) is 0 Å². The highest BCUT2D eigenvalue weighted by molar-refractivity contribution is 7.98. The third kappa shape index (κ3) is 3.40. The summed E-state index contributed by atoms with van der Waals surface area (Å²) in [6.07, 6.45) is 1.73. The number of rotatable bonds is 5. The van der Waals surface area contributed by atoms with Gasteiger partial charge in [-0.05, 0) is 29.8 Å². The smallest absolute Gasteiger partial charge is 0.137 e. The molecule has 4 heteroatoms. The Morgan fingerprint density at radius 3 is 2.17 bits per heavy atom. The van der Waals surface area contributed by atoms with Gasteiger partial charge in [-0.3, -0.25) is 0 Å². The number of hydrogen-bond donors (Lipinski definition) is 0. The lowest BCUT2D eigenvalue weighted by atomic mass is 10.2. The van der Waals surface area contributed by atoms with Gasteiger partial charge in [0, 0.05) is 5.75 Å². The molecule has 1 heterocycles. The summed E-state index contributed by atoms with van der Waals surface area (Å²) in [7, 11) is 3.31. The normalized spacial score (nSPS) is 10.1. The van der Waals surface area contributed by atoms with Crippen molar-refractivity contribution in [1.29, 1.82) is 0 Å². The molecule has 0 saturated heterocycles. The van der Waals surface area contributed by atoms with Crippen LogP contribution in [-0.2, 0) is 5.75 Å². The topological polar surface area (TPSA) is 31.4 Å². The van der Waals surface area contributed by atoms with Gasteiger partial charge in [-0.25, -0.2) is 4.98 Å². The molecular weight excluding hydrogens is 246 g/mol. The van der Waals surface area contributed by atoms with E-state index in [2.05, 4.69) is 17.1 Å². The molecule has 0 unspecified atom stereocenters. The lowest BCUT2D eigenvalue weighted by Crippen LogP contribution is -1.87. The second-order valence-electron chi connectivity index (χ2n) is 3.67. The molecule has 3 nitrogen and oxygen atoms in total. The highest BCUT2D eigenvalue weighted by atomic mass is 32.2. The van der Waals surface area contributed by atoms with E-state index in [1.54, 1.807) is 32.2 Å². The minimum Gasteiger partial charge on any atom is -0.497 e. The van der Waals surface area contributed by atoms with Gasteiger partial charge >= 0.3 is 0 Å². The third-order valence-corrected chi connectivity index (χ3v) is 3.51. The summed E-state index contributed by atoms with van der Waals surface area (Å²) >= 11 is 1.70. The van der Waals surface area contributed by atoms with E-state index >= 15 is 0 Å². The molecule has 0 bridgehead atoms. The van der Waals surface area contributed by atoms with E-state index in [0.29, 0.717) is 0 Å². The minimum absolute atomic E-state index is 0.781. The molecule has 0 atom stereocenters. The number of methoxy groups -OCH3 is 2. The zero-order valence-electron chi connectivity index (χ0n) is 10.4. The van der Waals surface area contributed by atoms with E-state index < -0.39 is 0 Å². The van der Waals surface area contributed by atoms with Gasteiger partial charge in [0.15, 0.2) is 0 Å². The molecule has 0 spiro atoms. The van der Waals surface area contributed by atoms with Crippen LogP contribution in [0.15, 0.2) is 47.6 Å². The summed E-state index contributed by atoms with van der Waals surface area (Å²) in [5, 5.41) is 0.992. The highest BCUT2D eigenvalue weighted by Crippen LogP contribution is 2.23. The van der Waals surface area contributed by atoms with Crippen molar-refractivity contribution in [2.45, 2.75) is 10.8 Å². The molecule has 2 aromatic rings. The number of hydrogen-bond acceptors (Lipinski definition) is 4. The van der Waals surface area contributed by atoms with E-state index in [-0.39, 0.29) is 0 Å². The summed E-state index contributed by atoms with van der Waals surface area (Å²) in [4.78, 5) is 4.31. The Bertz CT molecular complexity index is 435. The Labute approximate surface area is 111 Å². The van der Waals surface area contributed by atoms with Gasteiger partial charge < -0.3 is 9.47 Å². The number of ether oxygens (including phenoxy) is 2. The van der Waals surface area contributed by atoms with E-state index in [9.17, 15) is 0 Å². The molecule has 94 valence electrons. The van der Waals surface area contributed by atoms with Gasteiger partial charge in [-0.15, -0.1) is 11.8 Å². The predicted molar refractivity (Wildman–Crippen MR) is 73.3 cm³/mol. The van der Waals surface area contributed by atoms with E-state index in [1.807, 2.05) is 24.3 Å². The maximum atomic E-state index is 5.12. The van der Waals surface area contributed by atoms with Gasteiger partial charge in [-0.2, -0.15) is 0 Å². The van der Waals surface area contributed by atoms with Crippen molar-refractivity contribution >= 4 is 11.8 Å². The fraction of sp³-hybridized carbons (Fsp3) is 0.214. The monoisotopic (exact) mass is 261 g/mol. The molecule has 1 aromatic carbocycles. The van der Waals surface area contributed by atoms with Gasteiger partial charge in [-0.1, -0.05) is 12.1 Å². The lowest BCUT2D eigenvalue weighted by Gasteiger charge is -2.04. The van der Waals surface area contributed by atoms with Crippen molar-refractivity contribution in [2.24, 2.45) is 0 Å². The van der Waals surface area contributed by atoms with Crippen molar-refractivity contribution in [3.63, 3.8) is 0 Å². The van der Waals surface area contributed by atoms with Crippen molar-refractivity contribution in [2.75, 3.05) is 14.2 Å². The molecule has 0 fully saturated rings. The quantitative estimate of drug-likeness (QED) is 0.772. The van der Waals surface area contributed by atoms with Crippen LogP contribution in [0.1, 0.15) is 5.56 Å². The Balaban J connectivity index is 1.93. The fourth-order valence-corrected chi connectivity index (χ4v) is 2.25. The fourth-order valence-electron chi connectivity index (χ4n) is 1.45. The molecule has 0 aliphatic carbocycles. The molecule has 2 rings (SSSR count). The number of benzene rings is 1. The predicted octanol–water partition coefficient (Wildman–Crippen LogP) is 3.39. The molecular formula is C14H15NO2S. The zero-order valence-corrected chi connectivity index (χ0v) is 11.2. The average Bonchev–Trinajstić information content (AvgIpc) is 2.46. The molecule has 0 aliphatic heterocycles. The Hall–Kier alpha value is -1.68. The van der Waals surface area contributed by atoms with E-state index in [0.717, 1.165) is 22.3 Å². The van der Waals surface area contributed by atoms with Crippen LogP contribution in [0.5, 0.6) is 11.5 Å². The largest absolute Gasteiger partial charge is 0.497 e. The summed E-state index contributed by atoms with van der Waals surface area (Å²) in [5.41, 5.74) is 1.25. The second kappa shape index (κ2) is 6.31. The van der Waals surface area contributed by atoms with Gasteiger partial charge in [0.25, 0.3) is 0 Å². The third-order valence-electron chi connectivity index (χ3n) is 2.49. The molecule has 0 N–H and O–H groups in total. The van der Waals surface area contributed by atoms with Crippen LogP contribution >= 0.6 is 11.8 Å². The SMILES string of the molecule is COc1ccc(CSc2ccc(OC)cn2)cc1. The first kappa shape index (κ1) is 12.8. The Morgan fingerprint density at radius 1 is 0.944 bits per heavy atom. The molecule has 18 heavy (non-hydrogen) atoms. The van der Waals surface area contributed by atoms with Crippen molar-refractivity contribution in [1.82, 2.24) is 4.98 Å².